The Hall–Kier alpha value is -3.35. The van der Waals surface area contributed by atoms with Crippen molar-refractivity contribution in [2.45, 2.75) is 19.3 Å². The zero-order valence-electron chi connectivity index (χ0n) is 14.5. The van der Waals surface area contributed by atoms with E-state index < -0.39 is 0 Å². The molecule has 4 heterocycles. The largest absolute Gasteiger partial charge is 0.493 e. The molecule has 134 valence electrons. The van der Waals surface area contributed by atoms with E-state index in [1.54, 1.807) is 12.5 Å². The van der Waals surface area contributed by atoms with E-state index >= 15 is 0 Å². The molecule has 0 unspecified atom stereocenters. The minimum atomic E-state index is -0.357. The normalized spacial score (nSPS) is 12.9. The van der Waals surface area contributed by atoms with Crippen LogP contribution in [0.15, 0.2) is 49.2 Å². The zero-order valence-corrected chi connectivity index (χ0v) is 14.5. The fourth-order valence-corrected chi connectivity index (χ4v) is 3.59. The molecule has 7 heteroatoms. The van der Waals surface area contributed by atoms with Crippen molar-refractivity contribution < 1.29 is 9.13 Å². The number of rotatable bonds is 4. The van der Waals surface area contributed by atoms with Gasteiger partial charge in [-0.3, -0.25) is 9.38 Å². The monoisotopic (exact) mass is 361 g/mol. The molecule has 0 saturated carbocycles. The number of benzene rings is 1. The maximum atomic E-state index is 14.2. The molecule has 3 aromatic heterocycles. The van der Waals surface area contributed by atoms with Gasteiger partial charge in [0.25, 0.3) is 0 Å². The molecule has 0 saturated heterocycles. The highest BCUT2D eigenvalue weighted by atomic mass is 19.1. The summed E-state index contributed by atoms with van der Waals surface area (Å²) in [6, 6.07) is 7.50. The minimum absolute atomic E-state index is 0.357. The van der Waals surface area contributed by atoms with Crippen molar-refractivity contribution in [3.63, 3.8) is 0 Å². The first-order valence-electron chi connectivity index (χ1n) is 8.82. The van der Waals surface area contributed by atoms with Crippen LogP contribution in [0, 0.1) is 5.82 Å². The average Bonchev–Trinajstić information content (AvgIpc) is 3.36. The lowest BCUT2D eigenvalue weighted by Gasteiger charge is -2.10. The molecular formula is C20H16FN5O. The van der Waals surface area contributed by atoms with Crippen molar-refractivity contribution in [3.05, 3.63) is 72.0 Å². The van der Waals surface area contributed by atoms with Gasteiger partial charge in [-0.1, -0.05) is 12.1 Å². The summed E-state index contributed by atoms with van der Waals surface area (Å²) in [5, 5.41) is 8.17. The fourth-order valence-electron chi connectivity index (χ4n) is 3.59. The number of hydrogen-bond donors (Lipinski definition) is 0. The Labute approximate surface area is 154 Å². The number of nitrogens with zero attached hydrogens (tertiary/aromatic N) is 5. The van der Waals surface area contributed by atoms with Crippen LogP contribution in [-0.2, 0) is 19.3 Å². The third kappa shape index (κ3) is 2.71. The maximum Gasteiger partial charge on any atom is 0.171 e. The van der Waals surface area contributed by atoms with Crippen molar-refractivity contribution in [1.29, 1.82) is 0 Å². The molecule has 1 aromatic carbocycles. The van der Waals surface area contributed by atoms with E-state index in [0.29, 0.717) is 16.8 Å². The number of fused-ring (bicyclic) bond motifs is 2. The van der Waals surface area contributed by atoms with Gasteiger partial charge in [-0.05, 0) is 24.1 Å². The van der Waals surface area contributed by atoms with Gasteiger partial charge in [0.15, 0.2) is 5.65 Å². The third-order valence-corrected chi connectivity index (χ3v) is 4.93. The van der Waals surface area contributed by atoms with Gasteiger partial charge in [0.05, 0.1) is 6.61 Å². The molecule has 5 rings (SSSR count). The minimum Gasteiger partial charge on any atom is -0.493 e. The Balaban J connectivity index is 1.49. The van der Waals surface area contributed by atoms with Crippen LogP contribution in [0.25, 0.3) is 16.8 Å². The Morgan fingerprint density at radius 2 is 2.07 bits per heavy atom. The second kappa shape index (κ2) is 6.42. The van der Waals surface area contributed by atoms with E-state index in [9.17, 15) is 4.39 Å². The van der Waals surface area contributed by atoms with Crippen molar-refractivity contribution in [3.8, 4) is 16.9 Å². The molecule has 1 aliphatic heterocycles. The second-order valence-corrected chi connectivity index (χ2v) is 6.46. The van der Waals surface area contributed by atoms with Crippen LogP contribution in [0.4, 0.5) is 4.39 Å². The average molecular weight is 361 g/mol. The predicted molar refractivity (Wildman–Crippen MR) is 97.0 cm³/mol. The quantitative estimate of drug-likeness (QED) is 0.559. The van der Waals surface area contributed by atoms with Gasteiger partial charge in [0.2, 0.25) is 0 Å². The summed E-state index contributed by atoms with van der Waals surface area (Å²) in [5.74, 6) is 1.46. The van der Waals surface area contributed by atoms with Crippen molar-refractivity contribution in [2.24, 2.45) is 0 Å². The van der Waals surface area contributed by atoms with Gasteiger partial charge in [-0.25, -0.2) is 9.37 Å². The highest BCUT2D eigenvalue weighted by Gasteiger charge is 2.17. The first-order chi connectivity index (χ1) is 13.3. The van der Waals surface area contributed by atoms with E-state index in [0.717, 1.165) is 37.4 Å². The topological polar surface area (TPSA) is 65.2 Å². The summed E-state index contributed by atoms with van der Waals surface area (Å²) < 4.78 is 21.6. The molecule has 0 spiro atoms. The number of ether oxygens (including phenoxy) is 1. The molecule has 0 bridgehead atoms. The Morgan fingerprint density at radius 1 is 1.11 bits per heavy atom. The molecule has 0 radical (unpaired) electrons. The number of aromatic nitrogens is 5. The number of halogens is 1. The third-order valence-electron chi connectivity index (χ3n) is 4.93. The zero-order chi connectivity index (χ0) is 18.2. The summed E-state index contributed by atoms with van der Waals surface area (Å²) in [7, 11) is 0. The van der Waals surface area contributed by atoms with Crippen LogP contribution in [0.5, 0.6) is 5.75 Å². The summed E-state index contributed by atoms with van der Waals surface area (Å²) in [6.07, 6.45) is 8.68. The van der Waals surface area contributed by atoms with Crippen LogP contribution in [0.1, 0.15) is 17.0 Å². The fraction of sp³-hybridized carbons (Fsp3) is 0.200. The first kappa shape index (κ1) is 15.9. The smallest absolute Gasteiger partial charge is 0.171 e. The van der Waals surface area contributed by atoms with E-state index in [1.807, 2.05) is 16.5 Å². The van der Waals surface area contributed by atoms with E-state index in [2.05, 4.69) is 26.2 Å². The molecule has 27 heavy (non-hydrogen) atoms. The van der Waals surface area contributed by atoms with Crippen LogP contribution < -0.4 is 4.74 Å². The standard InChI is InChI=1S/C20H16FN5O/c21-17-6-8-22-10-15(17)16-11-23-19(26-12-24-25-20(16)26)5-4-13-2-1-3-18-14(13)7-9-27-18/h1-3,6,8,10-12H,4-5,7,9H2. The Morgan fingerprint density at radius 3 is 3.00 bits per heavy atom. The molecule has 0 N–H and O–H groups in total. The lowest BCUT2D eigenvalue weighted by Crippen LogP contribution is -2.05. The lowest BCUT2D eigenvalue weighted by molar-refractivity contribution is 0.357. The molecule has 0 amide bonds. The molecule has 0 fully saturated rings. The van der Waals surface area contributed by atoms with Gasteiger partial charge in [0, 0.05) is 48.1 Å². The van der Waals surface area contributed by atoms with Gasteiger partial charge >= 0.3 is 0 Å². The highest BCUT2D eigenvalue weighted by Crippen LogP contribution is 2.29. The van der Waals surface area contributed by atoms with Gasteiger partial charge in [-0.15, -0.1) is 10.2 Å². The maximum absolute atomic E-state index is 14.2. The molecule has 0 aliphatic carbocycles. The van der Waals surface area contributed by atoms with E-state index in [1.165, 1.54) is 29.6 Å². The lowest BCUT2D eigenvalue weighted by atomic mass is 10.0. The summed E-state index contributed by atoms with van der Waals surface area (Å²) in [6.45, 7) is 0.742. The molecule has 6 nitrogen and oxygen atoms in total. The van der Waals surface area contributed by atoms with E-state index in [4.69, 9.17) is 4.74 Å². The molecular weight excluding hydrogens is 345 g/mol. The van der Waals surface area contributed by atoms with Crippen LogP contribution in [-0.4, -0.2) is 31.2 Å². The second-order valence-electron chi connectivity index (χ2n) is 6.46. The van der Waals surface area contributed by atoms with E-state index in [-0.39, 0.29) is 5.82 Å². The molecule has 0 atom stereocenters. The van der Waals surface area contributed by atoms with Crippen molar-refractivity contribution in [2.75, 3.05) is 6.61 Å². The number of pyridine rings is 1. The SMILES string of the molecule is Fc1ccncc1-c1cnc(CCc2cccc3c2CCO3)n2cnnc12. The molecule has 1 aliphatic rings. The van der Waals surface area contributed by atoms with Crippen LogP contribution >= 0.6 is 0 Å². The van der Waals surface area contributed by atoms with Crippen molar-refractivity contribution >= 4 is 5.65 Å². The van der Waals surface area contributed by atoms with Gasteiger partial charge in [0.1, 0.15) is 23.7 Å². The Bertz CT molecular complexity index is 1140. The van der Waals surface area contributed by atoms with Gasteiger partial charge < -0.3 is 4.74 Å². The van der Waals surface area contributed by atoms with Crippen molar-refractivity contribution in [1.82, 2.24) is 24.6 Å². The van der Waals surface area contributed by atoms with Gasteiger partial charge in [-0.2, -0.15) is 0 Å². The summed E-state index contributed by atoms with van der Waals surface area (Å²) >= 11 is 0. The number of hydrogen-bond acceptors (Lipinski definition) is 5. The van der Waals surface area contributed by atoms with Crippen LogP contribution in [0.3, 0.4) is 0 Å². The van der Waals surface area contributed by atoms with Crippen LogP contribution in [0.2, 0.25) is 0 Å². The summed E-state index contributed by atoms with van der Waals surface area (Å²) in [4.78, 5) is 8.57. The summed E-state index contributed by atoms with van der Waals surface area (Å²) in [5.41, 5.74) is 4.08. The predicted octanol–water partition coefficient (Wildman–Crippen LogP) is 3.05. The number of aryl methyl sites for hydroxylation is 2. The highest BCUT2D eigenvalue weighted by molar-refractivity contribution is 5.76. The Kier molecular flexibility index (Phi) is 3.78. The molecule has 4 aromatic rings. The first-order valence-corrected chi connectivity index (χ1v) is 8.82.